The van der Waals surface area contributed by atoms with Crippen LogP contribution in [0.25, 0.3) is 0 Å². The Bertz CT molecular complexity index is 565. The molecule has 1 rings (SSSR count). The van der Waals surface area contributed by atoms with E-state index in [9.17, 15) is 9.59 Å². The predicted molar refractivity (Wildman–Crippen MR) is 105 cm³/mol. The minimum atomic E-state index is -0.792. The standard InChI is InChI=1S/C19H36N4O4/c1-17(2,3)26-15(24)22-14(21)23(16(25)27-18(4,5)6)12-19(7)11-9-8-10-13(19)20/h13H,8-12,20H2,1-7H3,(H2,21,22,24). The Morgan fingerprint density at radius 1 is 1.15 bits per heavy atom. The van der Waals surface area contributed by atoms with Gasteiger partial charge in [0, 0.05) is 18.0 Å². The lowest BCUT2D eigenvalue weighted by atomic mass is 9.72. The van der Waals surface area contributed by atoms with Crippen LogP contribution >= 0.6 is 0 Å². The van der Waals surface area contributed by atoms with Gasteiger partial charge in [0.2, 0.25) is 5.96 Å². The van der Waals surface area contributed by atoms with Gasteiger partial charge in [-0.3, -0.25) is 10.7 Å². The second-order valence-electron chi connectivity index (χ2n) is 9.55. The van der Waals surface area contributed by atoms with Gasteiger partial charge < -0.3 is 15.2 Å². The zero-order valence-electron chi connectivity index (χ0n) is 17.8. The molecule has 0 bridgehead atoms. The molecule has 1 aliphatic rings. The van der Waals surface area contributed by atoms with E-state index in [2.05, 4.69) is 5.32 Å². The van der Waals surface area contributed by atoms with E-state index in [0.717, 1.165) is 30.6 Å². The van der Waals surface area contributed by atoms with Crippen molar-refractivity contribution >= 4 is 18.1 Å². The van der Waals surface area contributed by atoms with Crippen molar-refractivity contribution in [3.05, 3.63) is 0 Å². The largest absolute Gasteiger partial charge is 0.444 e. The fraction of sp³-hybridized carbons (Fsp3) is 0.842. The molecule has 1 saturated carbocycles. The van der Waals surface area contributed by atoms with Crippen LogP contribution in [0.2, 0.25) is 0 Å². The predicted octanol–water partition coefficient (Wildman–Crippen LogP) is 3.59. The number of carbonyl (C=O) groups excluding carboxylic acids is 2. The highest BCUT2D eigenvalue weighted by Gasteiger charge is 2.39. The smallest absolute Gasteiger partial charge is 0.417 e. The number of ether oxygens (including phenoxy) is 2. The number of nitrogens with two attached hydrogens (primary N) is 1. The van der Waals surface area contributed by atoms with Crippen LogP contribution in [0.1, 0.15) is 74.1 Å². The quantitative estimate of drug-likeness (QED) is 0.497. The van der Waals surface area contributed by atoms with Gasteiger partial charge in [-0.15, -0.1) is 0 Å². The maximum Gasteiger partial charge on any atom is 0.417 e. The molecule has 0 radical (unpaired) electrons. The van der Waals surface area contributed by atoms with E-state index in [1.165, 1.54) is 0 Å². The summed E-state index contributed by atoms with van der Waals surface area (Å²) in [6, 6.07) is -0.0921. The van der Waals surface area contributed by atoms with Crippen LogP contribution in [-0.2, 0) is 9.47 Å². The molecule has 27 heavy (non-hydrogen) atoms. The zero-order chi connectivity index (χ0) is 21.0. The first-order valence-corrected chi connectivity index (χ1v) is 9.48. The number of guanidine groups is 1. The Morgan fingerprint density at radius 3 is 2.19 bits per heavy atom. The number of nitrogens with zero attached hydrogens (tertiary/aromatic N) is 1. The van der Waals surface area contributed by atoms with Crippen LogP contribution in [0.4, 0.5) is 9.59 Å². The summed E-state index contributed by atoms with van der Waals surface area (Å²) in [5, 5.41) is 10.6. The Kier molecular flexibility index (Phi) is 7.27. The summed E-state index contributed by atoms with van der Waals surface area (Å²) < 4.78 is 10.6. The van der Waals surface area contributed by atoms with Crippen molar-refractivity contribution in [2.45, 2.75) is 91.4 Å². The first-order chi connectivity index (χ1) is 12.1. The van der Waals surface area contributed by atoms with E-state index < -0.39 is 23.4 Å². The lowest BCUT2D eigenvalue weighted by molar-refractivity contribution is 0.0255. The van der Waals surface area contributed by atoms with Crippen LogP contribution < -0.4 is 11.1 Å². The van der Waals surface area contributed by atoms with Gasteiger partial charge in [0.15, 0.2) is 0 Å². The molecular weight excluding hydrogens is 348 g/mol. The van der Waals surface area contributed by atoms with Crippen molar-refractivity contribution in [2.75, 3.05) is 6.54 Å². The summed E-state index contributed by atoms with van der Waals surface area (Å²) in [5.74, 6) is -0.377. The minimum absolute atomic E-state index is 0.0921. The molecule has 1 fully saturated rings. The molecule has 0 aromatic rings. The lowest BCUT2D eigenvalue weighted by Crippen LogP contribution is -2.56. The van der Waals surface area contributed by atoms with Gasteiger partial charge in [-0.25, -0.2) is 14.5 Å². The molecule has 8 nitrogen and oxygen atoms in total. The Hall–Kier alpha value is -1.83. The number of nitrogens with one attached hydrogen (secondary N) is 2. The van der Waals surface area contributed by atoms with Crippen LogP contribution in [0.3, 0.4) is 0 Å². The average Bonchev–Trinajstić information content (AvgIpc) is 2.44. The maximum absolute atomic E-state index is 12.7. The first-order valence-electron chi connectivity index (χ1n) is 9.48. The highest BCUT2D eigenvalue weighted by atomic mass is 16.6. The molecule has 2 amide bonds. The average molecular weight is 385 g/mol. The number of hydrogen-bond donors (Lipinski definition) is 3. The fourth-order valence-corrected chi connectivity index (χ4v) is 3.00. The monoisotopic (exact) mass is 384 g/mol. The third-order valence-corrected chi connectivity index (χ3v) is 4.43. The van der Waals surface area contributed by atoms with Gasteiger partial charge in [-0.05, 0) is 54.4 Å². The number of amides is 2. The Morgan fingerprint density at radius 2 is 1.70 bits per heavy atom. The normalized spacial score (nSPS) is 23.3. The first kappa shape index (κ1) is 23.2. The molecule has 0 heterocycles. The molecule has 8 heteroatoms. The van der Waals surface area contributed by atoms with Crippen LogP contribution in [0.5, 0.6) is 0 Å². The number of alkyl carbamates (subject to hydrolysis) is 1. The van der Waals surface area contributed by atoms with Gasteiger partial charge in [-0.2, -0.15) is 0 Å². The molecule has 4 N–H and O–H groups in total. The Balaban J connectivity index is 2.98. The summed E-state index contributed by atoms with van der Waals surface area (Å²) in [7, 11) is 0. The van der Waals surface area contributed by atoms with Gasteiger partial charge in [-0.1, -0.05) is 19.8 Å². The third kappa shape index (κ3) is 7.74. The molecule has 156 valence electrons. The number of carbonyl (C=O) groups is 2. The Labute approximate surface area is 162 Å². The van der Waals surface area contributed by atoms with Gasteiger partial charge in [0.05, 0.1) is 0 Å². The third-order valence-electron chi connectivity index (χ3n) is 4.43. The van der Waals surface area contributed by atoms with Crippen LogP contribution in [-0.4, -0.2) is 46.8 Å². The van der Waals surface area contributed by atoms with Crippen molar-refractivity contribution in [1.82, 2.24) is 10.2 Å². The summed E-state index contributed by atoms with van der Waals surface area (Å²) >= 11 is 0. The van der Waals surface area contributed by atoms with Gasteiger partial charge in [0.25, 0.3) is 0 Å². The van der Waals surface area contributed by atoms with Crippen molar-refractivity contribution in [1.29, 1.82) is 5.41 Å². The molecule has 0 spiro atoms. The van der Waals surface area contributed by atoms with Crippen molar-refractivity contribution in [3.63, 3.8) is 0 Å². The molecule has 0 aromatic carbocycles. The second-order valence-corrected chi connectivity index (χ2v) is 9.55. The lowest BCUT2D eigenvalue weighted by Gasteiger charge is -2.42. The van der Waals surface area contributed by atoms with Crippen molar-refractivity contribution in [2.24, 2.45) is 11.1 Å². The highest BCUT2D eigenvalue weighted by Crippen LogP contribution is 2.36. The molecule has 2 atom stereocenters. The summed E-state index contributed by atoms with van der Waals surface area (Å²) in [4.78, 5) is 25.9. The van der Waals surface area contributed by atoms with Crippen LogP contribution in [0.15, 0.2) is 0 Å². The minimum Gasteiger partial charge on any atom is -0.444 e. The zero-order valence-corrected chi connectivity index (χ0v) is 17.8. The van der Waals surface area contributed by atoms with Crippen molar-refractivity contribution in [3.8, 4) is 0 Å². The second kappa shape index (κ2) is 8.46. The summed E-state index contributed by atoms with van der Waals surface area (Å²) in [5.41, 5.74) is 4.51. The molecular formula is C19H36N4O4. The maximum atomic E-state index is 12.7. The molecule has 0 aromatic heterocycles. The molecule has 2 unspecified atom stereocenters. The van der Waals surface area contributed by atoms with Gasteiger partial charge in [0.1, 0.15) is 11.2 Å². The van der Waals surface area contributed by atoms with E-state index >= 15 is 0 Å². The number of hydrogen-bond acceptors (Lipinski definition) is 6. The van der Waals surface area contributed by atoms with Crippen molar-refractivity contribution < 1.29 is 19.1 Å². The summed E-state index contributed by atoms with van der Waals surface area (Å²) in [6.45, 7) is 12.6. The van der Waals surface area contributed by atoms with Gasteiger partial charge >= 0.3 is 12.2 Å². The van der Waals surface area contributed by atoms with E-state index in [-0.39, 0.29) is 24.0 Å². The van der Waals surface area contributed by atoms with Crippen LogP contribution in [0, 0.1) is 10.8 Å². The molecule has 0 saturated heterocycles. The molecule has 1 aliphatic carbocycles. The van der Waals surface area contributed by atoms with E-state index in [1.807, 2.05) is 6.92 Å². The fourth-order valence-electron chi connectivity index (χ4n) is 3.00. The van der Waals surface area contributed by atoms with E-state index in [0.29, 0.717) is 0 Å². The van der Waals surface area contributed by atoms with E-state index in [4.69, 9.17) is 20.6 Å². The number of rotatable bonds is 2. The van der Waals surface area contributed by atoms with E-state index in [1.54, 1.807) is 41.5 Å². The topological polar surface area (TPSA) is 118 Å². The SMILES string of the molecule is CC(C)(C)OC(=O)NC(=N)N(CC1(C)CCCCC1N)C(=O)OC(C)(C)C. The highest BCUT2D eigenvalue weighted by molar-refractivity contribution is 5.99. The molecule has 0 aliphatic heterocycles. The summed E-state index contributed by atoms with van der Waals surface area (Å²) in [6.07, 6.45) is 2.29.